The van der Waals surface area contributed by atoms with E-state index in [-0.39, 0.29) is 0 Å². The van der Waals surface area contributed by atoms with E-state index >= 15 is 0 Å². The highest BCUT2D eigenvalue weighted by atomic mass is 35.5. The van der Waals surface area contributed by atoms with Crippen LogP contribution in [0.3, 0.4) is 0 Å². The van der Waals surface area contributed by atoms with Gasteiger partial charge in [0.1, 0.15) is 5.75 Å². The van der Waals surface area contributed by atoms with Crippen molar-refractivity contribution >= 4 is 23.5 Å². The number of hydrogen-bond acceptors (Lipinski definition) is 3. The molecule has 2 aromatic carbocycles. The zero-order valence-corrected chi connectivity index (χ0v) is 15.6. The Balaban J connectivity index is 1.69. The molecule has 4 heteroatoms. The van der Waals surface area contributed by atoms with E-state index in [0.717, 1.165) is 30.0 Å². The lowest BCUT2D eigenvalue weighted by Crippen LogP contribution is -1.97. The second kappa shape index (κ2) is 11.5. The Kier molecular flexibility index (Phi) is 8.92. The van der Waals surface area contributed by atoms with Crippen molar-refractivity contribution in [3.63, 3.8) is 0 Å². The van der Waals surface area contributed by atoms with Crippen LogP contribution in [-0.4, -0.2) is 12.8 Å². The molecule has 25 heavy (non-hydrogen) atoms. The van der Waals surface area contributed by atoms with Crippen LogP contribution in [0.4, 0.5) is 5.69 Å². The SMILES string of the molecule is CCCCCCCCOc1ccc(/C=N/Nc2ccccc2Cl)cc1. The van der Waals surface area contributed by atoms with Crippen molar-refractivity contribution in [3.8, 4) is 5.75 Å². The van der Waals surface area contributed by atoms with E-state index in [9.17, 15) is 0 Å². The summed E-state index contributed by atoms with van der Waals surface area (Å²) in [5.74, 6) is 0.907. The minimum absolute atomic E-state index is 0.651. The Morgan fingerprint density at radius 1 is 0.960 bits per heavy atom. The van der Waals surface area contributed by atoms with Gasteiger partial charge >= 0.3 is 0 Å². The van der Waals surface area contributed by atoms with E-state index in [4.69, 9.17) is 16.3 Å². The van der Waals surface area contributed by atoms with Crippen molar-refractivity contribution in [1.29, 1.82) is 0 Å². The fourth-order valence-corrected chi connectivity index (χ4v) is 2.63. The van der Waals surface area contributed by atoms with Gasteiger partial charge in [-0.15, -0.1) is 0 Å². The quantitative estimate of drug-likeness (QED) is 0.281. The third-order valence-corrected chi connectivity index (χ3v) is 4.25. The van der Waals surface area contributed by atoms with Crippen molar-refractivity contribution in [2.75, 3.05) is 12.0 Å². The van der Waals surface area contributed by atoms with Gasteiger partial charge in [0, 0.05) is 0 Å². The summed E-state index contributed by atoms with van der Waals surface area (Å²) in [5.41, 5.74) is 4.74. The van der Waals surface area contributed by atoms with Gasteiger partial charge in [0.15, 0.2) is 0 Å². The molecule has 2 aromatic rings. The Morgan fingerprint density at radius 3 is 2.44 bits per heavy atom. The Labute approximate surface area is 156 Å². The number of halogens is 1. The molecule has 0 heterocycles. The van der Waals surface area contributed by atoms with Crippen molar-refractivity contribution in [2.45, 2.75) is 45.4 Å². The summed E-state index contributed by atoms with van der Waals surface area (Å²) in [6.07, 6.45) is 9.42. The molecule has 0 aromatic heterocycles. The highest BCUT2D eigenvalue weighted by Gasteiger charge is 1.97. The molecule has 0 unspecified atom stereocenters. The largest absolute Gasteiger partial charge is 0.494 e. The van der Waals surface area contributed by atoms with Crippen LogP contribution >= 0.6 is 11.6 Å². The number of hydrogen-bond donors (Lipinski definition) is 1. The molecule has 2 rings (SSSR count). The number of unbranched alkanes of at least 4 members (excludes halogenated alkanes) is 5. The monoisotopic (exact) mass is 358 g/mol. The van der Waals surface area contributed by atoms with E-state index in [0.29, 0.717) is 5.02 Å². The van der Waals surface area contributed by atoms with Crippen LogP contribution in [0, 0.1) is 0 Å². The summed E-state index contributed by atoms with van der Waals surface area (Å²) in [6, 6.07) is 15.5. The number of nitrogens with zero attached hydrogens (tertiary/aromatic N) is 1. The van der Waals surface area contributed by atoms with Crippen LogP contribution in [0.25, 0.3) is 0 Å². The third kappa shape index (κ3) is 7.61. The van der Waals surface area contributed by atoms with Gasteiger partial charge in [-0.05, 0) is 48.4 Å². The number of anilines is 1. The molecule has 134 valence electrons. The fourth-order valence-electron chi connectivity index (χ4n) is 2.45. The highest BCUT2D eigenvalue weighted by molar-refractivity contribution is 6.33. The topological polar surface area (TPSA) is 33.6 Å². The Hall–Kier alpha value is -2.00. The first-order valence-corrected chi connectivity index (χ1v) is 9.44. The molecular weight excluding hydrogens is 332 g/mol. The van der Waals surface area contributed by atoms with Crippen LogP contribution in [0.15, 0.2) is 53.6 Å². The number of rotatable bonds is 11. The molecule has 0 aliphatic carbocycles. The molecule has 0 radical (unpaired) electrons. The molecule has 0 aliphatic rings. The van der Waals surface area contributed by atoms with E-state index in [2.05, 4.69) is 17.5 Å². The molecule has 0 bridgehead atoms. The van der Waals surface area contributed by atoms with E-state index in [1.807, 2.05) is 48.5 Å². The van der Waals surface area contributed by atoms with E-state index < -0.39 is 0 Å². The molecule has 1 N–H and O–H groups in total. The van der Waals surface area contributed by atoms with Crippen LogP contribution in [0.5, 0.6) is 5.75 Å². The summed E-state index contributed by atoms with van der Waals surface area (Å²) < 4.78 is 5.78. The van der Waals surface area contributed by atoms with Gasteiger partial charge in [-0.1, -0.05) is 62.8 Å². The molecule has 3 nitrogen and oxygen atoms in total. The minimum Gasteiger partial charge on any atom is -0.494 e. The number of nitrogens with one attached hydrogen (secondary N) is 1. The summed E-state index contributed by atoms with van der Waals surface area (Å²) in [5, 5.41) is 4.86. The minimum atomic E-state index is 0.651. The summed E-state index contributed by atoms with van der Waals surface area (Å²) in [7, 11) is 0. The molecule has 0 atom stereocenters. The number of ether oxygens (including phenoxy) is 1. The van der Waals surface area contributed by atoms with Crippen molar-refractivity contribution in [1.82, 2.24) is 0 Å². The van der Waals surface area contributed by atoms with Gasteiger partial charge in [0.05, 0.1) is 23.5 Å². The molecule has 0 fully saturated rings. The van der Waals surface area contributed by atoms with Gasteiger partial charge in [0.25, 0.3) is 0 Å². The second-order valence-corrected chi connectivity index (χ2v) is 6.44. The lowest BCUT2D eigenvalue weighted by atomic mass is 10.1. The molecule has 0 aliphatic heterocycles. The van der Waals surface area contributed by atoms with Crippen LogP contribution in [0.1, 0.15) is 51.0 Å². The first-order chi connectivity index (χ1) is 12.3. The normalized spacial score (nSPS) is 11.0. The number of para-hydroxylation sites is 1. The molecule has 0 spiro atoms. The van der Waals surface area contributed by atoms with Gasteiger partial charge in [-0.2, -0.15) is 5.10 Å². The second-order valence-electron chi connectivity index (χ2n) is 6.04. The maximum absolute atomic E-state index is 6.07. The standard InChI is InChI=1S/C21H27ClN2O/c1-2-3-4-5-6-9-16-25-19-14-12-18(13-15-19)17-23-24-21-11-8-7-10-20(21)22/h7-8,10-15,17,24H,2-6,9,16H2,1H3/b23-17+. The summed E-state index contributed by atoms with van der Waals surface area (Å²) >= 11 is 6.07. The van der Waals surface area contributed by atoms with Crippen LogP contribution < -0.4 is 10.2 Å². The maximum atomic E-state index is 6.07. The summed E-state index contributed by atoms with van der Waals surface area (Å²) in [6.45, 7) is 3.03. The third-order valence-electron chi connectivity index (χ3n) is 3.92. The van der Waals surface area contributed by atoms with Gasteiger partial charge < -0.3 is 4.74 Å². The predicted molar refractivity (Wildman–Crippen MR) is 108 cm³/mol. The zero-order chi connectivity index (χ0) is 17.7. The Bertz CT molecular complexity index is 641. The molecule has 0 amide bonds. The van der Waals surface area contributed by atoms with E-state index in [1.165, 1.54) is 32.1 Å². The number of hydrazone groups is 1. The lowest BCUT2D eigenvalue weighted by Gasteiger charge is -2.06. The predicted octanol–water partition coefficient (Wildman–Crippen LogP) is 6.53. The average Bonchev–Trinajstić information content (AvgIpc) is 2.64. The van der Waals surface area contributed by atoms with Crippen LogP contribution in [0.2, 0.25) is 5.02 Å². The van der Waals surface area contributed by atoms with Gasteiger partial charge in [0.2, 0.25) is 0 Å². The first-order valence-electron chi connectivity index (χ1n) is 9.06. The van der Waals surface area contributed by atoms with E-state index in [1.54, 1.807) is 6.21 Å². The van der Waals surface area contributed by atoms with Gasteiger partial charge in [-0.25, -0.2) is 0 Å². The first kappa shape index (κ1) is 19.3. The molecule has 0 saturated carbocycles. The maximum Gasteiger partial charge on any atom is 0.119 e. The zero-order valence-electron chi connectivity index (χ0n) is 14.9. The number of benzene rings is 2. The fraction of sp³-hybridized carbons (Fsp3) is 0.381. The molecular formula is C21H27ClN2O. The summed E-state index contributed by atoms with van der Waals surface area (Å²) in [4.78, 5) is 0. The highest BCUT2D eigenvalue weighted by Crippen LogP contribution is 2.20. The molecule has 0 saturated heterocycles. The lowest BCUT2D eigenvalue weighted by molar-refractivity contribution is 0.304. The smallest absolute Gasteiger partial charge is 0.119 e. The average molecular weight is 359 g/mol. The Morgan fingerprint density at radius 2 is 1.68 bits per heavy atom. The van der Waals surface area contributed by atoms with Crippen LogP contribution in [-0.2, 0) is 0 Å². The van der Waals surface area contributed by atoms with Gasteiger partial charge in [-0.3, -0.25) is 5.43 Å². The van der Waals surface area contributed by atoms with Crippen molar-refractivity contribution < 1.29 is 4.74 Å². The van der Waals surface area contributed by atoms with Crippen molar-refractivity contribution in [2.24, 2.45) is 5.10 Å². The van der Waals surface area contributed by atoms with Crippen molar-refractivity contribution in [3.05, 3.63) is 59.1 Å².